The smallest absolute Gasteiger partial charge is 0.264 e. The summed E-state index contributed by atoms with van der Waals surface area (Å²) in [6, 6.07) is 20.4. The fourth-order valence-electron chi connectivity index (χ4n) is 4.07. The van der Waals surface area contributed by atoms with Crippen LogP contribution in [0.25, 0.3) is 0 Å². The number of rotatable bonds is 10. The topological polar surface area (TPSA) is 86.8 Å². The Bertz CT molecular complexity index is 1410. The van der Waals surface area contributed by atoms with Crippen molar-refractivity contribution < 1.29 is 18.0 Å². The molecule has 39 heavy (non-hydrogen) atoms. The third-order valence-electron chi connectivity index (χ3n) is 5.91. The minimum absolute atomic E-state index is 0.00731. The number of anilines is 1. The number of nitrogens with zero attached hydrogens (tertiary/aromatic N) is 2. The van der Waals surface area contributed by atoms with Crippen molar-refractivity contribution in [3.63, 3.8) is 0 Å². The van der Waals surface area contributed by atoms with Crippen molar-refractivity contribution in [3.8, 4) is 0 Å². The molecule has 7 nitrogen and oxygen atoms in total. The summed E-state index contributed by atoms with van der Waals surface area (Å²) in [5.74, 6) is -0.925. The number of sulfonamides is 1. The van der Waals surface area contributed by atoms with Crippen LogP contribution in [0.15, 0.2) is 83.8 Å². The lowest BCUT2D eigenvalue weighted by atomic mass is 10.1. The van der Waals surface area contributed by atoms with Gasteiger partial charge in [-0.25, -0.2) is 8.42 Å². The molecule has 0 saturated carbocycles. The molecule has 10 heteroatoms. The van der Waals surface area contributed by atoms with Gasteiger partial charge in [-0.1, -0.05) is 78.7 Å². The SMILES string of the molecule is CC[C@@H](C(=O)NC(C)(C)C)N(Cc1ccccc1Cl)C(=O)CN(c1ccccc1Cl)S(=O)(=O)c1ccccc1. The molecule has 0 heterocycles. The van der Waals surface area contributed by atoms with Crippen LogP contribution in [0.5, 0.6) is 0 Å². The molecule has 0 bridgehead atoms. The first-order chi connectivity index (χ1) is 18.3. The summed E-state index contributed by atoms with van der Waals surface area (Å²) < 4.78 is 28.6. The molecule has 3 aromatic rings. The number of nitrogens with one attached hydrogen (secondary N) is 1. The Hall–Kier alpha value is -3.07. The highest BCUT2D eigenvalue weighted by atomic mass is 35.5. The highest BCUT2D eigenvalue weighted by Gasteiger charge is 2.35. The summed E-state index contributed by atoms with van der Waals surface area (Å²) in [5, 5.41) is 3.54. The molecule has 2 amide bonds. The van der Waals surface area contributed by atoms with E-state index in [-0.39, 0.29) is 28.1 Å². The Balaban J connectivity index is 2.09. The van der Waals surface area contributed by atoms with Crippen LogP contribution in [-0.2, 0) is 26.2 Å². The zero-order valence-corrected chi connectivity index (χ0v) is 24.7. The van der Waals surface area contributed by atoms with Crippen molar-refractivity contribution in [1.82, 2.24) is 10.2 Å². The van der Waals surface area contributed by atoms with E-state index in [0.717, 1.165) is 4.31 Å². The summed E-state index contributed by atoms with van der Waals surface area (Å²) in [4.78, 5) is 28.8. The van der Waals surface area contributed by atoms with Gasteiger partial charge < -0.3 is 10.2 Å². The van der Waals surface area contributed by atoms with Crippen LogP contribution in [0.2, 0.25) is 10.0 Å². The summed E-state index contributed by atoms with van der Waals surface area (Å²) in [6.45, 7) is 6.78. The average Bonchev–Trinajstić information content (AvgIpc) is 2.88. The van der Waals surface area contributed by atoms with Crippen LogP contribution >= 0.6 is 23.2 Å². The van der Waals surface area contributed by atoms with E-state index in [1.807, 2.05) is 20.8 Å². The van der Waals surface area contributed by atoms with Crippen LogP contribution in [0.4, 0.5) is 5.69 Å². The molecule has 0 aromatic heterocycles. The molecule has 3 rings (SSSR count). The molecule has 0 unspecified atom stereocenters. The number of hydrogen-bond acceptors (Lipinski definition) is 4. The van der Waals surface area contributed by atoms with Gasteiger partial charge >= 0.3 is 0 Å². The number of carbonyl (C=O) groups excluding carboxylic acids is 2. The van der Waals surface area contributed by atoms with Crippen LogP contribution < -0.4 is 9.62 Å². The molecule has 0 spiro atoms. The number of amides is 2. The van der Waals surface area contributed by atoms with Crippen molar-refractivity contribution in [2.45, 2.75) is 57.1 Å². The maximum absolute atomic E-state index is 14.1. The lowest BCUT2D eigenvalue weighted by Gasteiger charge is -2.35. The monoisotopic (exact) mass is 589 g/mol. The number of halogens is 2. The Morgan fingerprint density at radius 3 is 2.00 bits per heavy atom. The summed E-state index contributed by atoms with van der Waals surface area (Å²) in [6.07, 6.45) is 0.301. The van der Waals surface area contributed by atoms with Gasteiger partial charge in [-0.3, -0.25) is 13.9 Å². The molecular weight excluding hydrogens is 557 g/mol. The third kappa shape index (κ3) is 7.75. The van der Waals surface area contributed by atoms with Crippen molar-refractivity contribution in [3.05, 3.63) is 94.5 Å². The predicted molar refractivity (Wildman–Crippen MR) is 156 cm³/mol. The second-order valence-electron chi connectivity index (χ2n) is 10.1. The molecule has 0 aliphatic rings. The van der Waals surface area contributed by atoms with Gasteiger partial charge in [0, 0.05) is 17.1 Å². The molecule has 3 aromatic carbocycles. The Morgan fingerprint density at radius 2 is 1.44 bits per heavy atom. The molecular formula is C29H33Cl2N3O4S. The number of carbonyl (C=O) groups is 2. The van der Waals surface area contributed by atoms with Gasteiger partial charge in [0.15, 0.2) is 0 Å². The molecule has 0 aliphatic heterocycles. The largest absolute Gasteiger partial charge is 0.350 e. The van der Waals surface area contributed by atoms with E-state index in [1.54, 1.807) is 67.6 Å². The van der Waals surface area contributed by atoms with E-state index in [4.69, 9.17) is 23.2 Å². The normalized spacial score (nSPS) is 12.5. The minimum Gasteiger partial charge on any atom is -0.350 e. The molecule has 0 saturated heterocycles. The van der Waals surface area contributed by atoms with Gasteiger partial charge in [0.1, 0.15) is 12.6 Å². The van der Waals surface area contributed by atoms with Crippen LogP contribution in [0.1, 0.15) is 39.7 Å². The van der Waals surface area contributed by atoms with E-state index in [2.05, 4.69) is 5.32 Å². The summed E-state index contributed by atoms with van der Waals surface area (Å²) in [7, 11) is -4.19. The van der Waals surface area contributed by atoms with E-state index in [0.29, 0.717) is 17.0 Å². The summed E-state index contributed by atoms with van der Waals surface area (Å²) in [5.41, 5.74) is 0.245. The maximum Gasteiger partial charge on any atom is 0.264 e. The van der Waals surface area contributed by atoms with E-state index in [9.17, 15) is 18.0 Å². The van der Waals surface area contributed by atoms with Gasteiger partial charge in [0.05, 0.1) is 15.6 Å². The highest BCUT2D eigenvalue weighted by Crippen LogP contribution is 2.31. The van der Waals surface area contributed by atoms with Crippen LogP contribution in [-0.4, -0.2) is 43.3 Å². The van der Waals surface area contributed by atoms with Gasteiger partial charge in [-0.2, -0.15) is 0 Å². The average molecular weight is 591 g/mol. The van der Waals surface area contributed by atoms with Crippen LogP contribution in [0, 0.1) is 0 Å². The molecule has 208 valence electrons. The number of para-hydroxylation sites is 1. The van der Waals surface area contributed by atoms with E-state index in [1.165, 1.54) is 23.1 Å². The van der Waals surface area contributed by atoms with Crippen molar-refractivity contribution in [2.75, 3.05) is 10.8 Å². The quantitative estimate of drug-likeness (QED) is 0.318. The molecule has 1 N–H and O–H groups in total. The maximum atomic E-state index is 14.1. The first kappa shape index (κ1) is 30.5. The molecule has 0 aliphatic carbocycles. The zero-order chi connectivity index (χ0) is 28.8. The predicted octanol–water partition coefficient (Wildman–Crippen LogP) is 5.91. The lowest BCUT2D eigenvalue weighted by Crippen LogP contribution is -2.55. The number of benzene rings is 3. The van der Waals surface area contributed by atoms with Crippen LogP contribution in [0.3, 0.4) is 0 Å². The molecule has 0 fully saturated rings. The Morgan fingerprint density at radius 1 is 0.872 bits per heavy atom. The Kier molecular flexibility index (Phi) is 10.0. The van der Waals surface area contributed by atoms with Crippen molar-refractivity contribution in [2.24, 2.45) is 0 Å². The van der Waals surface area contributed by atoms with Gasteiger partial charge in [0.2, 0.25) is 11.8 Å². The van der Waals surface area contributed by atoms with Gasteiger partial charge in [-0.15, -0.1) is 0 Å². The fraction of sp³-hybridized carbons (Fsp3) is 0.310. The molecule has 0 radical (unpaired) electrons. The fourth-order valence-corrected chi connectivity index (χ4v) is 6.01. The van der Waals surface area contributed by atoms with E-state index < -0.39 is 34.1 Å². The Labute approximate surface area is 240 Å². The van der Waals surface area contributed by atoms with E-state index >= 15 is 0 Å². The third-order valence-corrected chi connectivity index (χ3v) is 8.38. The molecule has 1 atom stereocenters. The minimum atomic E-state index is -4.19. The first-order valence-electron chi connectivity index (χ1n) is 12.5. The highest BCUT2D eigenvalue weighted by molar-refractivity contribution is 7.92. The van der Waals surface area contributed by atoms with Gasteiger partial charge in [-0.05, 0) is 63.1 Å². The second kappa shape index (κ2) is 12.9. The standard InChI is InChI=1S/C29H33Cl2N3O4S/c1-5-25(28(36)32-29(2,3)4)33(19-21-13-9-10-16-23(21)30)27(35)20-34(26-18-12-11-17-24(26)31)39(37,38)22-14-7-6-8-15-22/h6-18,25H,5,19-20H2,1-4H3,(H,32,36)/t25-/m0/s1. The van der Waals surface area contributed by atoms with Crippen molar-refractivity contribution >= 4 is 50.7 Å². The number of hydrogen-bond donors (Lipinski definition) is 1. The lowest BCUT2D eigenvalue weighted by molar-refractivity contribution is -0.141. The summed E-state index contributed by atoms with van der Waals surface area (Å²) >= 11 is 12.8. The second-order valence-corrected chi connectivity index (χ2v) is 12.7. The van der Waals surface area contributed by atoms with Crippen molar-refractivity contribution in [1.29, 1.82) is 0 Å². The zero-order valence-electron chi connectivity index (χ0n) is 22.4. The first-order valence-corrected chi connectivity index (χ1v) is 14.7. The van der Waals surface area contributed by atoms with Gasteiger partial charge in [0.25, 0.3) is 10.0 Å².